The van der Waals surface area contributed by atoms with Crippen molar-refractivity contribution in [1.82, 2.24) is 0 Å². The molecule has 2 rings (SSSR count). The zero-order valence-electron chi connectivity index (χ0n) is 12.9. The Kier molecular flexibility index (Phi) is 5.53. The van der Waals surface area contributed by atoms with Crippen molar-refractivity contribution in [3.63, 3.8) is 0 Å². The molecule has 0 bridgehead atoms. The quantitative estimate of drug-likeness (QED) is 0.577. The molecule has 0 heterocycles. The van der Waals surface area contributed by atoms with Crippen molar-refractivity contribution in [2.24, 2.45) is 0 Å². The molecule has 2 aromatic carbocycles. The molecule has 0 saturated carbocycles. The molecule has 0 N–H and O–H groups in total. The Morgan fingerprint density at radius 1 is 1.00 bits per heavy atom. The average Bonchev–Trinajstić information content (AvgIpc) is 2.55. The van der Waals surface area contributed by atoms with Gasteiger partial charge in [-0.05, 0) is 30.9 Å². The molecular weight excluding hydrogens is 280 g/mol. The number of benzene rings is 2. The van der Waals surface area contributed by atoms with Gasteiger partial charge in [0.05, 0.1) is 13.7 Å². The summed E-state index contributed by atoms with van der Waals surface area (Å²) in [5.74, 6) is 0.525. The standard InChI is InChI=1S/C18H20O4/c1-3-22-17-12-11-14(13-7-4-5-8-15(13)17)16(19)9-6-10-18(20)21-2/h4-5,7-8,11-12H,3,6,9-10H2,1-2H3. The molecule has 0 aliphatic heterocycles. The van der Waals surface area contributed by atoms with Crippen molar-refractivity contribution >= 4 is 22.5 Å². The summed E-state index contributed by atoms with van der Waals surface area (Å²) >= 11 is 0. The summed E-state index contributed by atoms with van der Waals surface area (Å²) in [5.41, 5.74) is 0.670. The molecule has 22 heavy (non-hydrogen) atoms. The molecule has 116 valence electrons. The second-order valence-corrected chi connectivity index (χ2v) is 4.94. The number of ether oxygens (including phenoxy) is 2. The average molecular weight is 300 g/mol. The van der Waals surface area contributed by atoms with Crippen LogP contribution in [0.1, 0.15) is 36.5 Å². The number of esters is 1. The lowest BCUT2D eigenvalue weighted by atomic mass is 9.98. The van der Waals surface area contributed by atoms with E-state index in [2.05, 4.69) is 4.74 Å². The van der Waals surface area contributed by atoms with Crippen LogP contribution in [0.3, 0.4) is 0 Å². The van der Waals surface area contributed by atoms with E-state index >= 15 is 0 Å². The third kappa shape index (κ3) is 3.64. The molecular formula is C18H20O4. The molecule has 4 heteroatoms. The molecule has 4 nitrogen and oxygen atoms in total. The summed E-state index contributed by atoms with van der Waals surface area (Å²) in [7, 11) is 1.35. The van der Waals surface area contributed by atoms with E-state index < -0.39 is 0 Å². The first-order valence-electron chi connectivity index (χ1n) is 7.42. The predicted molar refractivity (Wildman–Crippen MR) is 85.3 cm³/mol. The third-order valence-electron chi connectivity index (χ3n) is 3.50. The van der Waals surface area contributed by atoms with E-state index in [-0.39, 0.29) is 18.2 Å². The van der Waals surface area contributed by atoms with Crippen molar-refractivity contribution in [2.45, 2.75) is 26.2 Å². The van der Waals surface area contributed by atoms with Gasteiger partial charge in [-0.3, -0.25) is 9.59 Å². The smallest absolute Gasteiger partial charge is 0.305 e. The Bertz CT molecular complexity index is 676. The number of fused-ring (bicyclic) bond motifs is 1. The lowest BCUT2D eigenvalue weighted by Crippen LogP contribution is -2.04. The number of rotatable bonds is 7. The van der Waals surface area contributed by atoms with Gasteiger partial charge in [-0.25, -0.2) is 0 Å². The molecule has 0 aliphatic rings. The maximum Gasteiger partial charge on any atom is 0.305 e. The van der Waals surface area contributed by atoms with E-state index in [4.69, 9.17) is 4.74 Å². The van der Waals surface area contributed by atoms with Crippen LogP contribution >= 0.6 is 0 Å². The van der Waals surface area contributed by atoms with Crippen LogP contribution < -0.4 is 4.74 Å². The number of hydrogen-bond donors (Lipinski definition) is 0. The minimum Gasteiger partial charge on any atom is -0.493 e. The van der Waals surface area contributed by atoms with Gasteiger partial charge in [-0.1, -0.05) is 24.3 Å². The topological polar surface area (TPSA) is 52.6 Å². The Morgan fingerprint density at radius 3 is 2.41 bits per heavy atom. The van der Waals surface area contributed by atoms with Crippen LogP contribution in [0.4, 0.5) is 0 Å². The Morgan fingerprint density at radius 2 is 1.73 bits per heavy atom. The number of methoxy groups -OCH3 is 1. The van der Waals surface area contributed by atoms with Crippen LogP contribution in [0.2, 0.25) is 0 Å². The van der Waals surface area contributed by atoms with Gasteiger partial charge < -0.3 is 9.47 Å². The van der Waals surface area contributed by atoms with Crippen LogP contribution in [0, 0.1) is 0 Å². The maximum atomic E-state index is 12.4. The van der Waals surface area contributed by atoms with Crippen LogP contribution in [0.5, 0.6) is 5.75 Å². The van der Waals surface area contributed by atoms with Crippen molar-refractivity contribution in [3.8, 4) is 5.75 Å². The number of Topliss-reactive ketones (excluding diaryl/α,β-unsaturated/α-hetero) is 1. The lowest BCUT2D eigenvalue weighted by Gasteiger charge is -2.11. The molecule has 0 aromatic heterocycles. The molecule has 0 radical (unpaired) electrons. The van der Waals surface area contributed by atoms with E-state index in [0.717, 1.165) is 16.5 Å². The number of carbonyl (C=O) groups is 2. The molecule has 0 amide bonds. The third-order valence-corrected chi connectivity index (χ3v) is 3.50. The highest BCUT2D eigenvalue weighted by atomic mass is 16.5. The van der Waals surface area contributed by atoms with Crippen LogP contribution in [-0.2, 0) is 9.53 Å². The van der Waals surface area contributed by atoms with Crippen LogP contribution in [-0.4, -0.2) is 25.5 Å². The molecule has 2 aromatic rings. The monoisotopic (exact) mass is 300 g/mol. The van der Waals surface area contributed by atoms with Crippen molar-refractivity contribution in [2.75, 3.05) is 13.7 Å². The Labute approximate surface area is 130 Å². The van der Waals surface area contributed by atoms with Crippen molar-refractivity contribution in [3.05, 3.63) is 42.0 Å². The highest BCUT2D eigenvalue weighted by Crippen LogP contribution is 2.29. The summed E-state index contributed by atoms with van der Waals surface area (Å²) in [6.45, 7) is 2.51. The van der Waals surface area contributed by atoms with E-state index in [1.807, 2.05) is 37.3 Å². The molecule has 0 fully saturated rings. The number of ketones is 1. The summed E-state index contributed by atoms with van der Waals surface area (Å²) in [4.78, 5) is 23.5. The minimum absolute atomic E-state index is 0.0307. The SMILES string of the molecule is CCOc1ccc(C(=O)CCCC(=O)OC)c2ccccc12. The summed E-state index contributed by atoms with van der Waals surface area (Å²) in [6.07, 6.45) is 1.08. The van der Waals surface area contributed by atoms with Gasteiger partial charge in [0.2, 0.25) is 0 Å². The lowest BCUT2D eigenvalue weighted by molar-refractivity contribution is -0.140. The van der Waals surface area contributed by atoms with Crippen molar-refractivity contribution in [1.29, 1.82) is 0 Å². The van der Waals surface area contributed by atoms with Crippen molar-refractivity contribution < 1.29 is 19.1 Å². The van der Waals surface area contributed by atoms with E-state index in [0.29, 0.717) is 25.0 Å². The van der Waals surface area contributed by atoms with Gasteiger partial charge in [0, 0.05) is 23.8 Å². The Balaban J connectivity index is 2.22. The Hall–Kier alpha value is -2.36. The van der Waals surface area contributed by atoms with Gasteiger partial charge in [0.25, 0.3) is 0 Å². The number of hydrogen-bond acceptors (Lipinski definition) is 4. The van der Waals surface area contributed by atoms with Gasteiger partial charge in [0.1, 0.15) is 5.75 Å². The normalized spacial score (nSPS) is 10.5. The number of carbonyl (C=O) groups excluding carboxylic acids is 2. The van der Waals surface area contributed by atoms with E-state index in [9.17, 15) is 9.59 Å². The zero-order chi connectivity index (χ0) is 15.9. The fourth-order valence-corrected chi connectivity index (χ4v) is 2.43. The summed E-state index contributed by atoms with van der Waals surface area (Å²) in [6, 6.07) is 11.3. The molecule has 0 saturated heterocycles. The van der Waals surface area contributed by atoms with Crippen LogP contribution in [0.15, 0.2) is 36.4 Å². The molecule has 0 unspecified atom stereocenters. The fraction of sp³-hybridized carbons (Fsp3) is 0.333. The molecule has 0 aliphatic carbocycles. The zero-order valence-corrected chi connectivity index (χ0v) is 12.9. The van der Waals surface area contributed by atoms with Gasteiger partial charge in [-0.2, -0.15) is 0 Å². The summed E-state index contributed by atoms with van der Waals surface area (Å²) < 4.78 is 10.2. The first-order chi connectivity index (χ1) is 10.7. The highest BCUT2D eigenvalue weighted by Gasteiger charge is 2.13. The first-order valence-corrected chi connectivity index (χ1v) is 7.42. The highest BCUT2D eigenvalue weighted by molar-refractivity contribution is 6.09. The summed E-state index contributed by atoms with van der Waals surface area (Å²) in [5, 5.41) is 1.82. The van der Waals surface area contributed by atoms with Gasteiger partial charge in [0.15, 0.2) is 5.78 Å². The second kappa shape index (κ2) is 7.59. The van der Waals surface area contributed by atoms with E-state index in [1.165, 1.54) is 7.11 Å². The van der Waals surface area contributed by atoms with Crippen LogP contribution in [0.25, 0.3) is 10.8 Å². The largest absolute Gasteiger partial charge is 0.493 e. The van der Waals surface area contributed by atoms with E-state index in [1.54, 1.807) is 6.07 Å². The van der Waals surface area contributed by atoms with Gasteiger partial charge >= 0.3 is 5.97 Å². The second-order valence-electron chi connectivity index (χ2n) is 4.94. The molecule has 0 atom stereocenters. The van der Waals surface area contributed by atoms with Gasteiger partial charge in [-0.15, -0.1) is 0 Å². The first kappa shape index (κ1) is 16.0. The predicted octanol–water partition coefficient (Wildman–Crippen LogP) is 3.76. The maximum absolute atomic E-state index is 12.4. The fourth-order valence-electron chi connectivity index (χ4n) is 2.43. The minimum atomic E-state index is -0.288. The molecule has 0 spiro atoms.